The average molecular weight is 223 g/mol. The van der Waals surface area contributed by atoms with Crippen molar-refractivity contribution in [1.29, 1.82) is 0 Å². The van der Waals surface area contributed by atoms with Crippen molar-refractivity contribution in [1.82, 2.24) is 20.0 Å². The predicted octanol–water partition coefficient (Wildman–Crippen LogP) is -1.15. The fourth-order valence-corrected chi connectivity index (χ4v) is 1.83. The summed E-state index contributed by atoms with van der Waals surface area (Å²) in [6.45, 7) is 3.14. The lowest BCUT2D eigenvalue weighted by Gasteiger charge is -2.29. The number of nitrogens with two attached hydrogens (primary N) is 1. The summed E-state index contributed by atoms with van der Waals surface area (Å²) < 4.78 is 1.65. The highest BCUT2D eigenvalue weighted by atomic mass is 16.2. The van der Waals surface area contributed by atoms with Crippen molar-refractivity contribution in [2.75, 3.05) is 26.2 Å². The van der Waals surface area contributed by atoms with Gasteiger partial charge in [0.25, 0.3) is 0 Å². The Balaban J connectivity index is 2.03. The topological polar surface area (TPSA) is 76.2 Å². The molecule has 1 unspecified atom stereocenters. The quantitative estimate of drug-likeness (QED) is 0.664. The van der Waals surface area contributed by atoms with Crippen LogP contribution in [-0.4, -0.2) is 46.8 Å². The van der Waals surface area contributed by atoms with Crippen molar-refractivity contribution in [3.8, 4) is 0 Å². The van der Waals surface area contributed by atoms with Gasteiger partial charge < -0.3 is 16.0 Å². The molecule has 1 saturated heterocycles. The number of rotatable bonds is 2. The molecule has 0 radical (unpaired) electrons. The zero-order valence-corrected chi connectivity index (χ0v) is 9.39. The van der Waals surface area contributed by atoms with Gasteiger partial charge in [0.1, 0.15) is 6.04 Å². The molecule has 1 aromatic rings. The second kappa shape index (κ2) is 4.63. The average Bonchev–Trinajstić information content (AvgIpc) is 2.75. The summed E-state index contributed by atoms with van der Waals surface area (Å²) in [7, 11) is 1.81. The summed E-state index contributed by atoms with van der Waals surface area (Å²) in [5.41, 5.74) is 6.69. The highest BCUT2D eigenvalue weighted by Crippen LogP contribution is 2.12. The highest BCUT2D eigenvalue weighted by molar-refractivity contribution is 5.83. The molecule has 0 saturated carbocycles. The fourth-order valence-electron chi connectivity index (χ4n) is 1.83. The molecule has 6 heteroatoms. The summed E-state index contributed by atoms with van der Waals surface area (Å²) >= 11 is 0. The summed E-state index contributed by atoms with van der Waals surface area (Å²) in [4.78, 5) is 13.8. The van der Waals surface area contributed by atoms with Crippen LogP contribution in [0.4, 0.5) is 0 Å². The first-order chi connectivity index (χ1) is 7.68. The van der Waals surface area contributed by atoms with E-state index in [-0.39, 0.29) is 5.91 Å². The van der Waals surface area contributed by atoms with Gasteiger partial charge in [-0.15, -0.1) is 0 Å². The minimum atomic E-state index is -0.591. The molecule has 88 valence electrons. The second-order valence-electron chi connectivity index (χ2n) is 4.00. The maximum absolute atomic E-state index is 12.0. The molecule has 0 aliphatic carbocycles. The fraction of sp³-hybridized carbons (Fsp3) is 0.600. The van der Waals surface area contributed by atoms with Crippen LogP contribution in [0.2, 0.25) is 0 Å². The molecule has 1 aliphatic rings. The number of piperazine rings is 1. The number of carbonyl (C=O) groups excluding carboxylic acids is 1. The van der Waals surface area contributed by atoms with Crippen molar-refractivity contribution in [3.63, 3.8) is 0 Å². The van der Waals surface area contributed by atoms with E-state index < -0.39 is 6.04 Å². The molecule has 3 N–H and O–H groups in total. The number of amides is 1. The van der Waals surface area contributed by atoms with Crippen LogP contribution >= 0.6 is 0 Å². The summed E-state index contributed by atoms with van der Waals surface area (Å²) in [5.74, 6) is -0.0190. The Labute approximate surface area is 94.4 Å². The van der Waals surface area contributed by atoms with Gasteiger partial charge in [0, 0.05) is 45.0 Å². The monoisotopic (exact) mass is 223 g/mol. The molecule has 16 heavy (non-hydrogen) atoms. The number of hydrogen-bond donors (Lipinski definition) is 2. The third-order valence-electron chi connectivity index (χ3n) is 2.78. The molecule has 2 rings (SSSR count). The molecule has 0 aromatic carbocycles. The normalized spacial score (nSPS) is 18.5. The van der Waals surface area contributed by atoms with E-state index in [0.29, 0.717) is 0 Å². The van der Waals surface area contributed by atoms with Crippen LogP contribution in [0.25, 0.3) is 0 Å². The Morgan fingerprint density at radius 1 is 1.56 bits per heavy atom. The van der Waals surface area contributed by atoms with Gasteiger partial charge in [0.2, 0.25) is 5.91 Å². The molecule has 1 atom stereocenters. The molecule has 1 amide bonds. The van der Waals surface area contributed by atoms with E-state index >= 15 is 0 Å². The van der Waals surface area contributed by atoms with Crippen LogP contribution in [0, 0.1) is 0 Å². The molecule has 1 fully saturated rings. The third-order valence-corrected chi connectivity index (χ3v) is 2.78. The minimum absolute atomic E-state index is 0.0190. The number of aryl methyl sites for hydroxylation is 1. The second-order valence-corrected chi connectivity index (χ2v) is 4.00. The number of aromatic nitrogens is 2. The first kappa shape index (κ1) is 11.1. The van der Waals surface area contributed by atoms with Crippen molar-refractivity contribution in [2.45, 2.75) is 6.04 Å². The van der Waals surface area contributed by atoms with E-state index in [2.05, 4.69) is 10.4 Å². The first-order valence-electron chi connectivity index (χ1n) is 5.42. The third kappa shape index (κ3) is 2.23. The predicted molar refractivity (Wildman–Crippen MR) is 59.6 cm³/mol. The van der Waals surface area contributed by atoms with Gasteiger partial charge in [-0.05, 0) is 0 Å². The number of nitrogens with one attached hydrogen (secondary N) is 1. The standard InChI is InChI=1S/C10H17N5O/c1-14-7-8(6-13-14)9(11)10(16)15-4-2-12-3-5-15/h6-7,9,12H,2-5,11H2,1H3. The Morgan fingerprint density at radius 2 is 2.25 bits per heavy atom. The Morgan fingerprint density at radius 3 is 2.81 bits per heavy atom. The number of nitrogens with zero attached hydrogens (tertiary/aromatic N) is 3. The van der Waals surface area contributed by atoms with Crippen LogP contribution in [-0.2, 0) is 11.8 Å². The maximum atomic E-state index is 12.0. The van der Waals surface area contributed by atoms with Gasteiger partial charge in [0.05, 0.1) is 6.20 Å². The maximum Gasteiger partial charge on any atom is 0.244 e. The lowest BCUT2D eigenvalue weighted by Crippen LogP contribution is -2.49. The molecule has 1 aromatic heterocycles. The number of carbonyl (C=O) groups is 1. The van der Waals surface area contributed by atoms with Crippen LogP contribution in [0.5, 0.6) is 0 Å². The summed E-state index contributed by atoms with van der Waals surface area (Å²) in [5, 5.41) is 7.22. The van der Waals surface area contributed by atoms with E-state index in [1.807, 2.05) is 7.05 Å². The molecule has 6 nitrogen and oxygen atoms in total. The van der Waals surface area contributed by atoms with Gasteiger partial charge in [-0.1, -0.05) is 0 Å². The van der Waals surface area contributed by atoms with Gasteiger partial charge in [-0.3, -0.25) is 9.48 Å². The zero-order chi connectivity index (χ0) is 11.5. The lowest BCUT2D eigenvalue weighted by atomic mass is 10.1. The van der Waals surface area contributed by atoms with Crippen molar-refractivity contribution in [3.05, 3.63) is 18.0 Å². The Bertz CT molecular complexity index is 369. The van der Waals surface area contributed by atoms with Crippen LogP contribution < -0.4 is 11.1 Å². The van der Waals surface area contributed by atoms with Crippen molar-refractivity contribution >= 4 is 5.91 Å². The molecular weight excluding hydrogens is 206 g/mol. The summed E-state index contributed by atoms with van der Waals surface area (Å²) in [6, 6.07) is -0.591. The molecule has 0 spiro atoms. The SMILES string of the molecule is Cn1cc(C(N)C(=O)N2CCNCC2)cn1. The highest BCUT2D eigenvalue weighted by Gasteiger charge is 2.24. The van der Waals surface area contributed by atoms with E-state index in [1.54, 1.807) is 22.0 Å². The smallest absolute Gasteiger partial charge is 0.244 e. The molecule has 0 bridgehead atoms. The number of hydrogen-bond acceptors (Lipinski definition) is 4. The van der Waals surface area contributed by atoms with Crippen LogP contribution in [0.15, 0.2) is 12.4 Å². The zero-order valence-electron chi connectivity index (χ0n) is 9.39. The van der Waals surface area contributed by atoms with Crippen LogP contribution in [0.1, 0.15) is 11.6 Å². The van der Waals surface area contributed by atoms with Crippen LogP contribution in [0.3, 0.4) is 0 Å². The van der Waals surface area contributed by atoms with E-state index in [0.717, 1.165) is 31.7 Å². The molecule has 2 heterocycles. The Kier molecular flexibility index (Phi) is 3.21. The van der Waals surface area contributed by atoms with E-state index in [9.17, 15) is 4.79 Å². The van der Waals surface area contributed by atoms with Crippen molar-refractivity contribution < 1.29 is 4.79 Å². The van der Waals surface area contributed by atoms with Gasteiger partial charge in [0.15, 0.2) is 0 Å². The van der Waals surface area contributed by atoms with E-state index in [4.69, 9.17) is 5.73 Å². The van der Waals surface area contributed by atoms with Crippen molar-refractivity contribution in [2.24, 2.45) is 12.8 Å². The summed E-state index contributed by atoms with van der Waals surface area (Å²) in [6.07, 6.45) is 3.43. The first-order valence-corrected chi connectivity index (χ1v) is 5.42. The van der Waals surface area contributed by atoms with Gasteiger partial charge >= 0.3 is 0 Å². The molecule has 1 aliphatic heterocycles. The van der Waals surface area contributed by atoms with Gasteiger partial charge in [-0.25, -0.2) is 0 Å². The van der Waals surface area contributed by atoms with Gasteiger partial charge in [-0.2, -0.15) is 5.10 Å². The minimum Gasteiger partial charge on any atom is -0.338 e. The Hall–Kier alpha value is -1.40. The lowest BCUT2D eigenvalue weighted by molar-refractivity contribution is -0.133. The van der Waals surface area contributed by atoms with E-state index in [1.165, 1.54) is 0 Å². The largest absolute Gasteiger partial charge is 0.338 e. The molecular formula is C10H17N5O.